The topological polar surface area (TPSA) is 175 Å². The molecule has 2 saturated carbocycles. The van der Waals surface area contributed by atoms with Gasteiger partial charge in [-0.05, 0) is 90.5 Å². The summed E-state index contributed by atoms with van der Waals surface area (Å²) in [5.74, 6) is 11.2. The molecule has 11 atom stereocenters. The first-order valence-corrected chi connectivity index (χ1v) is 29.5. The zero-order valence-electron chi connectivity index (χ0n) is 41.7. The summed E-state index contributed by atoms with van der Waals surface area (Å²) in [6.45, 7) is 4.88. The Kier molecular flexibility index (Phi) is 12.9. The number of rotatable bonds is 10. The zero-order chi connectivity index (χ0) is 49.5. The second-order valence-corrected chi connectivity index (χ2v) is 25.5. The Balaban J connectivity index is 1.04. The number of unbranched alkanes of at least 4 members (excludes halogenated alkanes) is 2. The van der Waals surface area contributed by atoms with Crippen molar-refractivity contribution in [2.24, 2.45) is 40.2 Å². The number of Topliss-reactive ketones (excluding diaryl/α,β-unsaturated/α-hetero) is 1. The number of H-pyrrole nitrogens is 1. The molecule has 14 rings (SSSR count). The van der Waals surface area contributed by atoms with Gasteiger partial charge in [0, 0.05) is 88.8 Å². The number of nitrogens with zero attached hydrogens (tertiary/aromatic N) is 1. The number of phenolic OH excluding ortho intramolecular Hbond substituents is 1. The van der Waals surface area contributed by atoms with E-state index in [2.05, 4.69) is 83.3 Å². The van der Waals surface area contributed by atoms with Crippen LogP contribution in [0.15, 0.2) is 48.9 Å². The number of aromatic hydroxyl groups is 1. The molecule has 8 heterocycles. The maximum absolute atomic E-state index is 14.7. The molecule has 4 aliphatic carbocycles. The largest absolute Gasteiger partial charge is 0.508 e. The van der Waals surface area contributed by atoms with E-state index in [1.54, 1.807) is 16.9 Å². The van der Waals surface area contributed by atoms with Gasteiger partial charge in [-0.3, -0.25) is 10.1 Å². The van der Waals surface area contributed by atoms with Gasteiger partial charge in [0.1, 0.15) is 23.7 Å². The van der Waals surface area contributed by atoms with E-state index in [0.29, 0.717) is 42.2 Å². The highest BCUT2D eigenvalue weighted by atomic mass is 33.1. The number of aromatic amines is 1. The Morgan fingerprint density at radius 1 is 1.03 bits per heavy atom. The third kappa shape index (κ3) is 8.06. The summed E-state index contributed by atoms with van der Waals surface area (Å²) in [6.07, 6.45) is 22.7. The molecule has 0 unspecified atom stereocenters. The molecule has 11 nitrogen and oxygen atoms in total. The van der Waals surface area contributed by atoms with Crippen molar-refractivity contribution in [1.29, 1.82) is 0 Å². The second kappa shape index (κ2) is 19.1. The summed E-state index contributed by atoms with van der Waals surface area (Å²) in [7, 11) is 3.54. The Labute approximate surface area is 431 Å². The van der Waals surface area contributed by atoms with Gasteiger partial charge in [0.2, 0.25) is 0 Å². The number of ketones is 1. The monoisotopic (exact) mass is 1010 g/mol. The maximum Gasteiger partial charge on any atom is 0.191 e. The first-order chi connectivity index (χ1) is 34.9. The molecule has 10 aliphatic rings. The van der Waals surface area contributed by atoms with Crippen LogP contribution in [-0.4, -0.2) is 60.3 Å². The average Bonchev–Trinajstić information content (AvgIpc) is 4.20. The highest BCUT2D eigenvalue weighted by molar-refractivity contribution is 8.76. The first kappa shape index (κ1) is 48.6. The number of aliphatic hydroxyl groups excluding tert-OH is 3. The molecule has 6 aliphatic heterocycles. The summed E-state index contributed by atoms with van der Waals surface area (Å²) >= 11 is 0. The van der Waals surface area contributed by atoms with E-state index in [1.807, 2.05) is 22.9 Å². The van der Waals surface area contributed by atoms with E-state index < -0.39 is 47.7 Å². The van der Waals surface area contributed by atoms with Crippen LogP contribution in [0.3, 0.4) is 0 Å². The van der Waals surface area contributed by atoms with Gasteiger partial charge in [-0.1, -0.05) is 122 Å². The molecular weight excluding hydrogens is 941 g/mol. The number of phenols is 1. The molecule has 0 amide bonds. The van der Waals surface area contributed by atoms with E-state index in [1.165, 1.54) is 16.7 Å². The summed E-state index contributed by atoms with van der Waals surface area (Å²) in [6, 6.07) is 5.85. The molecule has 2 fully saturated rings. The fraction of sp³-hybridized carbons (Fsp3) is 0.576. The van der Waals surface area contributed by atoms with Crippen LogP contribution >= 0.6 is 21.6 Å². The number of carbonyl (C=O) groups is 1. The van der Waals surface area contributed by atoms with Gasteiger partial charge < -0.3 is 45.2 Å². The molecule has 2 aromatic carbocycles. The predicted molar refractivity (Wildman–Crippen MR) is 283 cm³/mol. The van der Waals surface area contributed by atoms with E-state index in [9.17, 15) is 25.2 Å². The smallest absolute Gasteiger partial charge is 0.191 e. The van der Waals surface area contributed by atoms with Gasteiger partial charge in [0.15, 0.2) is 17.7 Å². The Morgan fingerprint density at radius 2 is 1.83 bits per heavy atom. The van der Waals surface area contributed by atoms with Crippen molar-refractivity contribution >= 4 is 38.3 Å². The minimum atomic E-state index is -1.09. The number of carbonyl (C=O) groups excluding carboxylic acids is 1. The van der Waals surface area contributed by atoms with Crippen LogP contribution in [0.25, 0.3) is 10.9 Å². The van der Waals surface area contributed by atoms with E-state index in [0.717, 1.165) is 110 Å². The molecule has 72 heavy (non-hydrogen) atoms. The van der Waals surface area contributed by atoms with Crippen molar-refractivity contribution in [2.75, 3.05) is 12.3 Å². The third-order valence-corrected chi connectivity index (χ3v) is 21.1. The van der Waals surface area contributed by atoms with Crippen LogP contribution in [0.2, 0.25) is 0 Å². The molecular formula is C59H70N4O7S2. The van der Waals surface area contributed by atoms with Crippen LogP contribution in [0.1, 0.15) is 174 Å². The van der Waals surface area contributed by atoms with Crippen molar-refractivity contribution in [1.82, 2.24) is 14.9 Å². The van der Waals surface area contributed by atoms with Crippen molar-refractivity contribution in [3.8, 4) is 41.1 Å². The number of allylic oxidation sites excluding steroid dienone is 1. The Bertz CT molecular complexity index is 2930. The number of nitrogens with one attached hydrogen (secondary N) is 2. The number of ether oxygens (including phenoxy) is 2. The lowest BCUT2D eigenvalue weighted by Gasteiger charge is -2.56. The minimum Gasteiger partial charge on any atom is -0.508 e. The molecule has 4 aromatic rings. The molecule has 8 N–H and O–H groups in total. The zero-order valence-corrected chi connectivity index (χ0v) is 43.3. The van der Waals surface area contributed by atoms with Crippen LogP contribution in [0, 0.1) is 58.4 Å². The number of aliphatic hydroxyl groups is 3. The summed E-state index contributed by atoms with van der Waals surface area (Å²) in [4.78, 5) is 18.4. The van der Waals surface area contributed by atoms with Crippen molar-refractivity contribution < 1.29 is 34.7 Å². The average molecular weight is 1010 g/mol. The standard InChI is InChI=1S/C59H70N4O7S2/c1-3-4-5-10-37(53(68)38-12-11-34(2)25-47(38)66)46(65)17-15-35-42-30-71-72-33-59-31-58(21-8-9-22-58)52-40-27-61-44-29-63(28-41(40)44)56-43(16-18-45(64)36-13-14-39(51(59)50(36)52)55(60)62-32-59)57(19-6-7-20-57)23-24-69-49(26-48(35)67)54(42)70-56/h11-14,26-29,34,37-38,43,45,47,52-53,55-56,61-62,64,66-68H,3-10,15,17,19-22,25,30-33,60H2,1-2H3/t34-,37-,38+,43-,45+,47-,52-,53+,55+,56+,59-/m1/s1. The maximum atomic E-state index is 14.7. The quantitative estimate of drug-likeness (QED) is 0.0349. The number of hydrogen-bond acceptors (Lipinski definition) is 11. The van der Waals surface area contributed by atoms with Gasteiger partial charge in [-0.15, -0.1) is 0 Å². The number of hydrogen-bond donors (Lipinski definition) is 7. The number of nitrogens with two attached hydrogens (primary N) is 1. The van der Waals surface area contributed by atoms with Gasteiger partial charge in [0.05, 0.1) is 35.2 Å². The molecule has 380 valence electrons. The lowest BCUT2D eigenvalue weighted by atomic mass is 9.51. The van der Waals surface area contributed by atoms with Gasteiger partial charge in [-0.2, -0.15) is 0 Å². The summed E-state index contributed by atoms with van der Waals surface area (Å²) < 4.78 is 16.2. The van der Waals surface area contributed by atoms with Crippen LogP contribution in [-0.2, 0) is 22.4 Å². The Morgan fingerprint density at radius 3 is 2.64 bits per heavy atom. The van der Waals surface area contributed by atoms with E-state index in [4.69, 9.17) is 15.2 Å². The second-order valence-electron chi connectivity index (χ2n) is 23.0. The van der Waals surface area contributed by atoms with E-state index >= 15 is 0 Å². The lowest BCUT2D eigenvalue weighted by Crippen LogP contribution is -2.56. The highest BCUT2D eigenvalue weighted by Crippen LogP contribution is 2.66. The van der Waals surface area contributed by atoms with E-state index in [-0.39, 0.29) is 53.2 Å². The normalized spacial score (nSPS) is 31.1. The van der Waals surface area contributed by atoms with Gasteiger partial charge in [-0.25, -0.2) is 0 Å². The number of benzene rings is 2. The van der Waals surface area contributed by atoms with Crippen LogP contribution in [0.5, 0.6) is 17.2 Å². The Hall–Kier alpha value is -4.31. The van der Waals surface area contributed by atoms with Crippen LogP contribution < -0.4 is 20.5 Å². The minimum absolute atomic E-state index is 0.000446. The number of fused-ring (bicyclic) bond motifs is 1. The molecule has 0 saturated heterocycles. The van der Waals surface area contributed by atoms with Gasteiger partial charge >= 0.3 is 0 Å². The van der Waals surface area contributed by atoms with Crippen LogP contribution in [0.4, 0.5) is 0 Å². The first-order valence-electron chi connectivity index (χ1n) is 27.0. The van der Waals surface area contributed by atoms with Crippen molar-refractivity contribution in [3.05, 3.63) is 87.9 Å². The fourth-order valence-corrected chi connectivity index (χ4v) is 17.8. The van der Waals surface area contributed by atoms with Crippen molar-refractivity contribution in [3.63, 3.8) is 0 Å². The van der Waals surface area contributed by atoms with Gasteiger partial charge in [0.25, 0.3) is 0 Å². The predicted octanol–water partition coefficient (Wildman–Crippen LogP) is 10.3. The molecule has 10 bridgehead atoms. The van der Waals surface area contributed by atoms with Crippen molar-refractivity contribution in [2.45, 2.75) is 164 Å². The fourth-order valence-electron chi connectivity index (χ4n) is 15.1. The molecule has 13 heteroatoms. The molecule has 3 spiro atoms. The molecule has 2 aromatic heterocycles. The SMILES string of the molecule is CCCCC[C@H](C(=O)CCc1c(O)cc2c3c1CSSC[C@@]14CN[C@H](N)c5ccc6c(c51)[C@@H](c1c[nH]c5cn(cc15)[C@@H](O3)[C@@H](C#C[C@@H]6O)C1(C#CO2)CCCC1)C1(CCCC1)C4)[C@H](O)[C@H]1C=C[C@@H](C)C[C@H]1O. The third-order valence-electron chi connectivity index (χ3n) is 18.7. The summed E-state index contributed by atoms with van der Waals surface area (Å²) in [5, 5.41) is 53.1. The lowest BCUT2D eigenvalue weighted by molar-refractivity contribution is -0.129. The highest BCUT2D eigenvalue weighted by Gasteiger charge is 2.58. The summed E-state index contributed by atoms with van der Waals surface area (Å²) in [5.41, 5.74) is 14.0. The molecule has 0 radical (unpaired) electrons. The number of aromatic nitrogens is 2.